The second-order valence-corrected chi connectivity index (χ2v) is 6.14. The molecule has 1 fully saturated rings. The Labute approximate surface area is 131 Å². The Hall–Kier alpha value is -2.10. The van der Waals surface area contributed by atoms with Crippen molar-refractivity contribution in [2.45, 2.75) is 20.3 Å². The van der Waals surface area contributed by atoms with Crippen LogP contribution in [-0.2, 0) is 9.53 Å². The number of rotatable bonds is 3. The average Bonchev–Trinajstić information content (AvgIpc) is 2.51. The summed E-state index contributed by atoms with van der Waals surface area (Å²) in [6, 6.07) is 7.00. The van der Waals surface area contributed by atoms with Crippen LogP contribution in [0.25, 0.3) is 6.08 Å². The molecule has 0 saturated carbocycles. The molecule has 1 aliphatic rings. The van der Waals surface area contributed by atoms with E-state index in [-0.39, 0.29) is 11.9 Å². The summed E-state index contributed by atoms with van der Waals surface area (Å²) in [4.78, 5) is 25.5. The van der Waals surface area contributed by atoms with E-state index in [9.17, 15) is 9.59 Å². The van der Waals surface area contributed by atoms with E-state index in [0.29, 0.717) is 17.4 Å². The number of likely N-dealkylation sites (tertiary alicyclic amines) is 1. The number of methoxy groups -OCH3 is 1. The van der Waals surface area contributed by atoms with E-state index in [0.717, 1.165) is 18.7 Å². The van der Waals surface area contributed by atoms with E-state index < -0.39 is 0 Å². The van der Waals surface area contributed by atoms with Crippen molar-refractivity contribution in [1.29, 1.82) is 0 Å². The van der Waals surface area contributed by atoms with E-state index in [1.807, 2.05) is 4.90 Å². The minimum atomic E-state index is -0.358. The maximum Gasteiger partial charge on any atom is 0.337 e. The normalized spacial score (nSPS) is 21.9. The standard InChI is InChI=1S/C18H23NO3/c1-13-10-14(2)12-19(11-13)17(20)9-6-15-4-7-16(8-5-15)18(21)22-3/h4-9,13-14H,10-12H2,1-3H3/b9-6+. The molecule has 1 aromatic rings. The third-order valence-corrected chi connectivity index (χ3v) is 3.93. The molecular formula is C18H23NO3. The minimum Gasteiger partial charge on any atom is -0.465 e. The van der Waals surface area contributed by atoms with E-state index in [2.05, 4.69) is 18.6 Å². The minimum absolute atomic E-state index is 0.0513. The summed E-state index contributed by atoms with van der Waals surface area (Å²) in [5.41, 5.74) is 1.39. The van der Waals surface area contributed by atoms with Crippen molar-refractivity contribution in [3.05, 3.63) is 41.5 Å². The Bertz CT molecular complexity index is 552. The molecule has 0 bridgehead atoms. The van der Waals surface area contributed by atoms with Crippen LogP contribution in [0.2, 0.25) is 0 Å². The number of esters is 1. The molecule has 118 valence electrons. The molecule has 0 N–H and O–H groups in total. The molecular weight excluding hydrogens is 278 g/mol. The molecule has 4 heteroatoms. The quantitative estimate of drug-likeness (QED) is 0.637. The summed E-state index contributed by atoms with van der Waals surface area (Å²) in [7, 11) is 1.36. The smallest absolute Gasteiger partial charge is 0.337 e. The molecule has 2 rings (SSSR count). The lowest BCUT2D eigenvalue weighted by atomic mass is 9.92. The zero-order valence-electron chi connectivity index (χ0n) is 13.4. The van der Waals surface area contributed by atoms with Crippen LogP contribution in [0.15, 0.2) is 30.3 Å². The van der Waals surface area contributed by atoms with Gasteiger partial charge in [0.15, 0.2) is 0 Å². The van der Waals surface area contributed by atoms with Crippen molar-refractivity contribution in [3.63, 3.8) is 0 Å². The topological polar surface area (TPSA) is 46.6 Å². The first-order valence-corrected chi connectivity index (χ1v) is 7.65. The van der Waals surface area contributed by atoms with Gasteiger partial charge in [-0.15, -0.1) is 0 Å². The highest BCUT2D eigenvalue weighted by molar-refractivity contribution is 5.92. The molecule has 2 atom stereocenters. The molecule has 22 heavy (non-hydrogen) atoms. The van der Waals surface area contributed by atoms with Gasteiger partial charge >= 0.3 is 5.97 Å². The maximum atomic E-state index is 12.2. The summed E-state index contributed by atoms with van der Waals surface area (Å²) in [6.07, 6.45) is 4.58. The predicted octanol–water partition coefficient (Wildman–Crippen LogP) is 2.99. The Morgan fingerprint density at radius 3 is 2.27 bits per heavy atom. The summed E-state index contributed by atoms with van der Waals surface area (Å²) in [5.74, 6) is 0.805. The summed E-state index contributed by atoms with van der Waals surface area (Å²) < 4.78 is 4.66. The Kier molecular flexibility index (Phi) is 5.36. The zero-order chi connectivity index (χ0) is 16.1. The number of piperidine rings is 1. The lowest BCUT2D eigenvalue weighted by molar-refractivity contribution is -0.128. The fraction of sp³-hybridized carbons (Fsp3) is 0.444. The molecule has 2 unspecified atom stereocenters. The van der Waals surface area contributed by atoms with Crippen molar-refractivity contribution in [1.82, 2.24) is 4.90 Å². The van der Waals surface area contributed by atoms with Gasteiger partial charge in [-0.3, -0.25) is 4.79 Å². The number of ether oxygens (including phenoxy) is 1. The number of carbonyl (C=O) groups is 2. The number of hydrogen-bond donors (Lipinski definition) is 0. The van der Waals surface area contributed by atoms with Crippen LogP contribution in [0.5, 0.6) is 0 Å². The Morgan fingerprint density at radius 1 is 1.14 bits per heavy atom. The van der Waals surface area contributed by atoms with Gasteiger partial charge in [-0.25, -0.2) is 4.79 Å². The van der Waals surface area contributed by atoms with E-state index in [1.165, 1.54) is 13.5 Å². The number of amides is 1. The SMILES string of the molecule is COC(=O)c1ccc(/C=C/C(=O)N2CC(C)CC(C)C2)cc1. The lowest BCUT2D eigenvalue weighted by Gasteiger charge is -2.34. The maximum absolute atomic E-state index is 12.2. The molecule has 1 heterocycles. The van der Waals surface area contributed by atoms with Crippen molar-refractivity contribution < 1.29 is 14.3 Å². The van der Waals surface area contributed by atoms with Gasteiger partial charge in [0.25, 0.3) is 0 Å². The molecule has 1 aliphatic heterocycles. The summed E-state index contributed by atoms with van der Waals surface area (Å²) >= 11 is 0. The van der Waals surface area contributed by atoms with Gasteiger partial charge < -0.3 is 9.64 Å². The zero-order valence-corrected chi connectivity index (χ0v) is 13.4. The van der Waals surface area contributed by atoms with Gasteiger partial charge in [0.1, 0.15) is 0 Å². The van der Waals surface area contributed by atoms with Crippen molar-refractivity contribution in [3.8, 4) is 0 Å². The number of benzene rings is 1. The van der Waals surface area contributed by atoms with Gasteiger partial charge in [-0.1, -0.05) is 26.0 Å². The number of nitrogens with zero attached hydrogens (tertiary/aromatic N) is 1. The van der Waals surface area contributed by atoms with Gasteiger partial charge in [0.2, 0.25) is 5.91 Å². The van der Waals surface area contributed by atoms with Crippen molar-refractivity contribution >= 4 is 18.0 Å². The van der Waals surface area contributed by atoms with Gasteiger partial charge in [-0.2, -0.15) is 0 Å². The second kappa shape index (κ2) is 7.25. The first-order chi connectivity index (χ1) is 10.5. The highest BCUT2D eigenvalue weighted by atomic mass is 16.5. The second-order valence-electron chi connectivity index (χ2n) is 6.14. The van der Waals surface area contributed by atoms with E-state index >= 15 is 0 Å². The monoisotopic (exact) mass is 301 g/mol. The van der Waals surface area contributed by atoms with Crippen LogP contribution in [-0.4, -0.2) is 37.0 Å². The van der Waals surface area contributed by atoms with Crippen LogP contribution in [0, 0.1) is 11.8 Å². The Morgan fingerprint density at radius 2 is 1.73 bits per heavy atom. The van der Waals surface area contributed by atoms with Crippen LogP contribution >= 0.6 is 0 Å². The molecule has 4 nitrogen and oxygen atoms in total. The van der Waals surface area contributed by atoms with Gasteiger partial charge in [0.05, 0.1) is 12.7 Å². The molecule has 0 aromatic heterocycles. The van der Waals surface area contributed by atoms with E-state index in [4.69, 9.17) is 0 Å². The first-order valence-electron chi connectivity index (χ1n) is 7.65. The van der Waals surface area contributed by atoms with Crippen molar-refractivity contribution in [2.75, 3.05) is 20.2 Å². The predicted molar refractivity (Wildman–Crippen MR) is 86.3 cm³/mol. The van der Waals surface area contributed by atoms with Crippen LogP contribution < -0.4 is 0 Å². The number of hydrogen-bond acceptors (Lipinski definition) is 3. The first kappa shape index (κ1) is 16.3. The van der Waals surface area contributed by atoms with E-state index in [1.54, 1.807) is 36.4 Å². The van der Waals surface area contributed by atoms with Crippen LogP contribution in [0.3, 0.4) is 0 Å². The third-order valence-electron chi connectivity index (χ3n) is 3.93. The molecule has 1 aromatic carbocycles. The molecule has 0 radical (unpaired) electrons. The third kappa shape index (κ3) is 4.20. The Balaban J connectivity index is 1.99. The molecule has 1 amide bonds. The molecule has 0 aliphatic carbocycles. The fourth-order valence-corrected chi connectivity index (χ4v) is 2.96. The lowest BCUT2D eigenvalue weighted by Crippen LogP contribution is -2.41. The summed E-state index contributed by atoms with van der Waals surface area (Å²) in [5, 5.41) is 0. The van der Waals surface area contributed by atoms with Crippen LogP contribution in [0.4, 0.5) is 0 Å². The van der Waals surface area contributed by atoms with Gasteiger partial charge in [-0.05, 0) is 42.0 Å². The molecule has 1 saturated heterocycles. The number of carbonyl (C=O) groups excluding carboxylic acids is 2. The summed E-state index contributed by atoms with van der Waals surface area (Å²) in [6.45, 7) is 6.03. The highest BCUT2D eigenvalue weighted by Crippen LogP contribution is 2.21. The van der Waals surface area contributed by atoms with Gasteiger partial charge in [0, 0.05) is 19.2 Å². The largest absolute Gasteiger partial charge is 0.465 e. The molecule has 0 spiro atoms. The highest BCUT2D eigenvalue weighted by Gasteiger charge is 2.23. The van der Waals surface area contributed by atoms with Crippen molar-refractivity contribution in [2.24, 2.45) is 11.8 Å². The van der Waals surface area contributed by atoms with Crippen LogP contribution in [0.1, 0.15) is 36.2 Å². The average molecular weight is 301 g/mol. The fourth-order valence-electron chi connectivity index (χ4n) is 2.96.